The molecule has 0 aromatic heterocycles. The second-order valence-corrected chi connectivity index (χ2v) is 9.31. The standard InChI is InChI=1S/C25H40O2/c1-17-11-13-21(14-12-17)15-22-18(2)24(26-4)23(25(27-5)19(22)3)16-20-9-7-6-8-10-20/h17,20-21H,6-16H2,1-5H3. The summed E-state index contributed by atoms with van der Waals surface area (Å²) in [4.78, 5) is 0. The number of ether oxygens (including phenoxy) is 2. The van der Waals surface area contributed by atoms with E-state index in [1.165, 1.54) is 86.5 Å². The Labute approximate surface area is 167 Å². The topological polar surface area (TPSA) is 18.5 Å². The Balaban J connectivity index is 1.90. The summed E-state index contributed by atoms with van der Waals surface area (Å²) >= 11 is 0. The molecule has 0 aliphatic heterocycles. The Morgan fingerprint density at radius 2 is 1.15 bits per heavy atom. The van der Waals surface area contributed by atoms with Gasteiger partial charge in [-0.3, -0.25) is 0 Å². The van der Waals surface area contributed by atoms with Crippen molar-refractivity contribution in [1.82, 2.24) is 0 Å². The van der Waals surface area contributed by atoms with Gasteiger partial charge in [-0.15, -0.1) is 0 Å². The third-order valence-corrected chi connectivity index (χ3v) is 7.39. The molecule has 152 valence electrons. The van der Waals surface area contributed by atoms with Gasteiger partial charge in [0.2, 0.25) is 0 Å². The van der Waals surface area contributed by atoms with Crippen LogP contribution in [0, 0.1) is 31.6 Å². The lowest BCUT2D eigenvalue weighted by molar-refractivity contribution is 0.287. The third-order valence-electron chi connectivity index (χ3n) is 7.39. The lowest BCUT2D eigenvalue weighted by Gasteiger charge is -2.30. The molecule has 2 fully saturated rings. The second-order valence-electron chi connectivity index (χ2n) is 9.31. The van der Waals surface area contributed by atoms with Crippen molar-refractivity contribution >= 4 is 0 Å². The average molecular weight is 373 g/mol. The van der Waals surface area contributed by atoms with Gasteiger partial charge in [-0.25, -0.2) is 0 Å². The highest BCUT2D eigenvalue weighted by Crippen LogP contribution is 2.43. The summed E-state index contributed by atoms with van der Waals surface area (Å²) < 4.78 is 12.0. The van der Waals surface area contributed by atoms with Gasteiger partial charge in [0.05, 0.1) is 14.2 Å². The maximum atomic E-state index is 5.98. The molecule has 0 radical (unpaired) electrons. The molecule has 2 aliphatic rings. The number of benzene rings is 1. The minimum atomic E-state index is 0.783. The first kappa shape index (κ1) is 20.6. The van der Waals surface area contributed by atoms with Crippen molar-refractivity contribution < 1.29 is 9.47 Å². The van der Waals surface area contributed by atoms with E-state index >= 15 is 0 Å². The Morgan fingerprint density at radius 3 is 1.67 bits per heavy atom. The first-order valence-corrected chi connectivity index (χ1v) is 11.3. The van der Waals surface area contributed by atoms with Crippen LogP contribution >= 0.6 is 0 Å². The van der Waals surface area contributed by atoms with Gasteiger partial charge in [-0.05, 0) is 74.0 Å². The SMILES string of the molecule is COc1c(C)c(CC2CCC(C)CC2)c(C)c(OC)c1CC1CCCCC1. The van der Waals surface area contributed by atoms with Gasteiger partial charge in [0.1, 0.15) is 11.5 Å². The smallest absolute Gasteiger partial charge is 0.128 e. The normalized spacial score (nSPS) is 24.0. The van der Waals surface area contributed by atoms with Crippen LogP contribution in [0.25, 0.3) is 0 Å². The Kier molecular flexibility index (Phi) is 7.11. The van der Waals surface area contributed by atoms with Crippen LogP contribution in [0.15, 0.2) is 0 Å². The van der Waals surface area contributed by atoms with Gasteiger partial charge in [0.15, 0.2) is 0 Å². The molecular weight excluding hydrogens is 332 g/mol. The van der Waals surface area contributed by atoms with E-state index in [1.807, 2.05) is 14.2 Å². The van der Waals surface area contributed by atoms with Gasteiger partial charge < -0.3 is 9.47 Å². The minimum Gasteiger partial charge on any atom is -0.496 e. The summed E-state index contributed by atoms with van der Waals surface area (Å²) in [5.74, 6) is 4.71. The summed E-state index contributed by atoms with van der Waals surface area (Å²) in [5.41, 5.74) is 5.53. The average Bonchev–Trinajstić information content (AvgIpc) is 2.68. The maximum Gasteiger partial charge on any atom is 0.128 e. The van der Waals surface area contributed by atoms with Crippen LogP contribution < -0.4 is 9.47 Å². The Bertz CT molecular complexity index is 589. The van der Waals surface area contributed by atoms with E-state index in [-0.39, 0.29) is 0 Å². The zero-order valence-electron chi connectivity index (χ0n) is 18.3. The van der Waals surface area contributed by atoms with Gasteiger partial charge in [0.25, 0.3) is 0 Å². The van der Waals surface area contributed by atoms with Crippen LogP contribution in [-0.2, 0) is 12.8 Å². The van der Waals surface area contributed by atoms with Crippen molar-refractivity contribution in [2.45, 2.75) is 91.4 Å². The molecule has 2 aliphatic carbocycles. The Hall–Kier alpha value is -1.18. The lowest BCUT2D eigenvalue weighted by Crippen LogP contribution is -2.17. The van der Waals surface area contributed by atoms with E-state index < -0.39 is 0 Å². The molecule has 0 amide bonds. The van der Waals surface area contributed by atoms with E-state index in [4.69, 9.17) is 9.47 Å². The summed E-state index contributed by atoms with van der Waals surface area (Å²) in [6, 6.07) is 0. The van der Waals surface area contributed by atoms with E-state index in [2.05, 4.69) is 20.8 Å². The highest BCUT2D eigenvalue weighted by atomic mass is 16.5. The van der Waals surface area contributed by atoms with Crippen LogP contribution in [0.1, 0.15) is 87.0 Å². The summed E-state index contributed by atoms with van der Waals surface area (Å²) in [6.45, 7) is 6.95. The maximum absolute atomic E-state index is 5.98. The minimum absolute atomic E-state index is 0.783. The summed E-state index contributed by atoms with van der Waals surface area (Å²) in [5, 5.41) is 0. The highest BCUT2D eigenvalue weighted by Gasteiger charge is 2.27. The summed E-state index contributed by atoms with van der Waals surface area (Å²) in [7, 11) is 3.68. The predicted molar refractivity (Wildman–Crippen MR) is 114 cm³/mol. The van der Waals surface area contributed by atoms with Gasteiger partial charge in [0, 0.05) is 5.56 Å². The number of methoxy groups -OCH3 is 2. The summed E-state index contributed by atoms with van der Waals surface area (Å²) in [6.07, 6.45) is 14.7. The first-order valence-electron chi connectivity index (χ1n) is 11.3. The molecule has 2 saturated carbocycles. The van der Waals surface area contributed by atoms with Crippen molar-refractivity contribution in [1.29, 1.82) is 0 Å². The molecule has 0 N–H and O–H groups in total. The Morgan fingerprint density at radius 1 is 0.667 bits per heavy atom. The molecule has 0 saturated heterocycles. The number of hydrogen-bond donors (Lipinski definition) is 0. The van der Waals surface area contributed by atoms with Crippen LogP contribution in [-0.4, -0.2) is 14.2 Å². The van der Waals surface area contributed by atoms with Crippen LogP contribution in [0.4, 0.5) is 0 Å². The zero-order valence-corrected chi connectivity index (χ0v) is 18.3. The molecule has 27 heavy (non-hydrogen) atoms. The fourth-order valence-corrected chi connectivity index (χ4v) is 5.66. The third kappa shape index (κ3) is 4.63. The fourth-order valence-electron chi connectivity index (χ4n) is 5.66. The van der Waals surface area contributed by atoms with Crippen molar-refractivity contribution in [2.75, 3.05) is 14.2 Å². The van der Waals surface area contributed by atoms with E-state index in [0.29, 0.717) is 0 Å². The second kappa shape index (κ2) is 9.34. The fraction of sp³-hybridized carbons (Fsp3) is 0.760. The predicted octanol–water partition coefficient (Wildman–Crippen LogP) is 6.81. The van der Waals surface area contributed by atoms with Crippen molar-refractivity contribution in [3.8, 4) is 11.5 Å². The molecule has 0 spiro atoms. The largest absolute Gasteiger partial charge is 0.496 e. The first-order chi connectivity index (χ1) is 13.0. The zero-order chi connectivity index (χ0) is 19.4. The molecule has 2 heteroatoms. The van der Waals surface area contributed by atoms with Gasteiger partial charge >= 0.3 is 0 Å². The number of hydrogen-bond acceptors (Lipinski definition) is 2. The van der Waals surface area contributed by atoms with Gasteiger partial charge in [-0.1, -0.05) is 51.9 Å². The molecular formula is C25H40O2. The molecule has 0 atom stereocenters. The van der Waals surface area contributed by atoms with Crippen molar-refractivity contribution in [3.05, 3.63) is 22.3 Å². The van der Waals surface area contributed by atoms with E-state index in [0.717, 1.165) is 35.7 Å². The molecule has 1 aromatic carbocycles. The molecule has 0 heterocycles. The molecule has 0 bridgehead atoms. The molecule has 2 nitrogen and oxygen atoms in total. The quantitative estimate of drug-likeness (QED) is 0.546. The highest BCUT2D eigenvalue weighted by molar-refractivity contribution is 5.59. The number of rotatable bonds is 6. The van der Waals surface area contributed by atoms with Crippen LogP contribution in [0.3, 0.4) is 0 Å². The molecule has 1 aromatic rings. The van der Waals surface area contributed by atoms with Crippen LogP contribution in [0.5, 0.6) is 11.5 Å². The van der Waals surface area contributed by atoms with E-state index in [1.54, 1.807) is 0 Å². The molecule has 0 unspecified atom stereocenters. The van der Waals surface area contributed by atoms with Gasteiger partial charge in [-0.2, -0.15) is 0 Å². The lowest BCUT2D eigenvalue weighted by atomic mass is 9.77. The monoisotopic (exact) mass is 372 g/mol. The van der Waals surface area contributed by atoms with Crippen molar-refractivity contribution in [2.24, 2.45) is 17.8 Å². The molecule has 3 rings (SSSR count). The van der Waals surface area contributed by atoms with E-state index in [9.17, 15) is 0 Å². The van der Waals surface area contributed by atoms with Crippen molar-refractivity contribution in [3.63, 3.8) is 0 Å². The van der Waals surface area contributed by atoms with Crippen LogP contribution in [0.2, 0.25) is 0 Å².